The molecule has 96 valence electrons. The maximum atomic E-state index is 14.0. The molecule has 1 aromatic rings. The summed E-state index contributed by atoms with van der Waals surface area (Å²) >= 11 is 0. The van der Waals surface area contributed by atoms with Crippen LogP contribution in [0.4, 0.5) is 8.78 Å². The van der Waals surface area contributed by atoms with E-state index in [0.29, 0.717) is 18.5 Å². The van der Waals surface area contributed by atoms with Crippen LogP contribution < -0.4 is 15.2 Å². The molecule has 1 atom stereocenters. The first-order valence-corrected chi connectivity index (χ1v) is 5.36. The summed E-state index contributed by atoms with van der Waals surface area (Å²) in [5.41, 5.74) is 5.78. The van der Waals surface area contributed by atoms with E-state index in [0.717, 1.165) is 0 Å². The monoisotopic (exact) mass is 245 g/mol. The van der Waals surface area contributed by atoms with Crippen LogP contribution in [0.3, 0.4) is 0 Å². The molecule has 0 aliphatic carbocycles. The third-order valence-corrected chi connectivity index (χ3v) is 2.71. The predicted molar refractivity (Wildman–Crippen MR) is 61.5 cm³/mol. The Morgan fingerprint density at radius 3 is 2.35 bits per heavy atom. The summed E-state index contributed by atoms with van der Waals surface area (Å²) in [6.07, 6.45) is 0.606. The zero-order chi connectivity index (χ0) is 13.0. The lowest BCUT2D eigenvalue weighted by Gasteiger charge is -2.16. The zero-order valence-corrected chi connectivity index (χ0v) is 10.2. The van der Waals surface area contributed by atoms with Gasteiger partial charge >= 0.3 is 0 Å². The third-order valence-electron chi connectivity index (χ3n) is 2.71. The molecule has 1 unspecified atom stereocenters. The summed E-state index contributed by atoms with van der Waals surface area (Å²) in [6.45, 7) is 2.25. The van der Waals surface area contributed by atoms with E-state index in [2.05, 4.69) is 0 Å². The summed E-state index contributed by atoms with van der Waals surface area (Å²) in [7, 11) is 2.55. The number of nitrogens with two attached hydrogens (primary N) is 1. The molecule has 3 nitrogen and oxygen atoms in total. The highest BCUT2D eigenvalue weighted by molar-refractivity contribution is 5.43. The lowest BCUT2D eigenvalue weighted by atomic mass is 9.96. The Labute approximate surface area is 99.5 Å². The van der Waals surface area contributed by atoms with E-state index in [4.69, 9.17) is 15.2 Å². The first-order chi connectivity index (χ1) is 8.06. The van der Waals surface area contributed by atoms with Crippen molar-refractivity contribution in [3.8, 4) is 11.5 Å². The van der Waals surface area contributed by atoms with Crippen molar-refractivity contribution in [2.45, 2.75) is 19.3 Å². The number of halogens is 2. The molecule has 0 saturated heterocycles. The van der Waals surface area contributed by atoms with Crippen LogP contribution in [0.2, 0.25) is 0 Å². The maximum absolute atomic E-state index is 14.0. The van der Waals surface area contributed by atoms with Gasteiger partial charge in [-0.3, -0.25) is 0 Å². The lowest BCUT2D eigenvalue weighted by Crippen LogP contribution is -2.08. The van der Waals surface area contributed by atoms with Crippen molar-refractivity contribution >= 4 is 0 Å². The molecule has 1 aromatic carbocycles. The molecule has 0 amide bonds. The van der Waals surface area contributed by atoms with E-state index >= 15 is 0 Å². The van der Waals surface area contributed by atoms with Gasteiger partial charge in [-0.1, -0.05) is 6.92 Å². The smallest absolute Gasteiger partial charge is 0.209 e. The van der Waals surface area contributed by atoms with E-state index in [-0.39, 0.29) is 11.7 Å². The van der Waals surface area contributed by atoms with Gasteiger partial charge in [0.2, 0.25) is 5.82 Å². The molecular weight excluding hydrogens is 228 g/mol. The molecule has 0 aliphatic heterocycles. The minimum absolute atomic E-state index is 0.0258. The molecule has 0 fully saturated rings. The van der Waals surface area contributed by atoms with Crippen LogP contribution in [0.5, 0.6) is 11.5 Å². The van der Waals surface area contributed by atoms with Gasteiger partial charge in [0.15, 0.2) is 17.3 Å². The van der Waals surface area contributed by atoms with Crippen molar-refractivity contribution in [1.29, 1.82) is 0 Å². The average molecular weight is 245 g/mol. The van der Waals surface area contributed by atoms with Gasteiger partial charge in [-0.15, -0.1) is 0 Å². The highest BCUT2D eigenvalue weighted by atomic mass is 19.1. The molecule has 0 saturated carbocycles. The normalized spacial score (nSPS) is 12.4. The second kappa shape index (κ2) is 5.82. The number of hydrogen-bond donors (Lipinski definition) is 1. The van der Waals surface area contributed by atoms with Crippen LogP contribution in [-0.4, -0.2) is 20.8 Å². The molecule has 0 aliphatic rings. The molecule has 0 radical (unpaired) electrons. The largest absolute Gasteiger partial charge is 0.494 e. The molecular formula is C12H17F2NO2. The van der Waals surface area contributed by atoms with Gasteiger partial charge in [0.25, 0.3) is 0 Å². The van der Waals surface area contributed by atoms with Crippen molar-refractivity contribution in [2.24, 2.45) is 5.73 Å². The minimum Gasteiger partial charge on any atom is -0.494 e. The first kappa shape index (κ1) is 13.7. The fourth-order valence-corrected chi connectivity index (χ4v) is 1.70. The fourth-order valence-electron chi connectivity index (χ4n) is 1.70. The molecule has 0 aromatic heterocycles. The SMILES string of the molecule is COc1cc(C(C)CCN)c(F)c(OC)c1F. The molecule has 0 bridgehead atoms. The van der Waals surface area contributed by atoms with Crippen molar-refractivity contribution in [1.82, 2.24) is 0 Å². The Bertz CT molecular complexity index is 397. The van der Waals surface area contributed by atoms with Crippen molar-refractivity contribution in [3.05, 3.63) is 23.3 Å². The van der Waals surface area contributed by atoms with Crippen LogP contribution in [0.1, 0.15) is 24.8 Å². The van der Waals surface area contributed by atoms with E-state index in [9.17, 15) is 8.78 Å². The fraction of sp³-hybridized carbons (Fsp3) is 0.500. The Kier molecular flexibility index (Phi) is 4.69. The van der Waals surface area contributed by atoms with Crippen molar-refractivity contribution in [2.75, 3.05) is 20.8 Å². The van der Waals surface area contributed by atoms with Crippen LogP contribution in [0, 0.1) is 11.6 Å². The average Bonchev–Trinajstić information content (AvgIpc) is 2.30. The van der Waals surface area contributed by atoms with Crippen LogP contribution >= 0.6 is 0 Å². The van der Waals surface area contributed by atoms with Crippen molar-refractivity contribution in [3.63, 3.8) is 0 Å². The Morgan fingerprint density at radius 2 is 1.88 bits per heavy atom. The topological polar surface area (TPSA) is 44.5 Å². The number of ether oxygens (including phenoxy) is 2. The van der Waals surface area contributed by atoms with Gasteiger partial charge in [0.05, 0.1) is 14.2 Å². The van der Waals surface area contributed by atoms with E-state index in [1.54, 1.807) is 0 Å². The maximum Gasteiger partial charge on any atom is 0.209 e. The van der Waals surface area contributed by atoms with Gasteiger partial charge in [0.1, 0.15) is 0 Å². The Balaban J connectivity index is 3.30. The number of benzene rings is 1. The van der Waals surface area contributed by atoms with Crippen molar-refractivity contribution < 1.29 is 18.3 Å². The van der Waals surface area contributed by atoms with Gasteiger partial charge in [-0.25, -0.2) is 4.39 Å². The summed E-state index contributed by atoms with van der Waals surface area (Å²) < 4.78 is 37.2. The molecule has 5 heteroatoms. The van der Waals surface area contributed by atoms with E-state index in [1.165, 1.54) is 20.3 Å². The first-order valence-electron chi connectivity index (χ1n) is 5.36. The van der Waals surface area contributed by atoms with E-state index in [1.807, 2.05) is 6.92 Å². The van der Waals surface area contributed by atoms with Gasteiger partial charge < -0.3 is 15.2 Å². The summed E-state index contributed by atoms with van der Waals surface area (Å²) in [6, 6.07) is 1.35. The Morgan fingerprint density at radius 1 is 1.24 bits per heavy atom. The number of methoxy groups -OCH3 is 2. The summed E-state index contributed by atoms with van der Waals surface area (Å²) in [4.78, 5) is 0. The molecule has 17 heavy (non-hydrogen) atoms. The van der Waals surface area contributed by atoms with Crippen LogP contribution in [0.15, 0.2) is 6.07 Å². The molecule has 0 spiro atoms. The van der Waals surface area contributed by atoms with E-state index < -0.39 is 17.4 Å². The minimum atomic E-state index is -0.823. The van der Waals surface area contributed by atoms with Gasteiger partial charge in [-0.05, 0) is 30.5 Å². The number of rotatable bonds is 5. The molecule has 2 N–H and O–H groups in total. The summed E-state index contributed by atoms with van der Waals surface area (Å²) in [5, 5.41) is 0. The highest BCUT2D eigenvalue weighted by Crippen LogP contribution is 2.36. The molecule has 0 heterocycles. The lowest BCUT2D eigenvalue weighted by molar-refractivity contribution is 0.329. The van der Waals surface area contributed by atoms with Gasteiger partial charge in [-0.2, -0.15) is 4.39 Å². The van der Waals surface area contributed by atoms with Crippen LogP contribution in [0.25, 0.3) is 0 Å². The van der Waals surface area contributed by atoms with Gasteiger partial charge in [0, 0.05) is 0 Å². The highest BCUT2D eigenvalue weighted by Gasteiger charge is 2.22. The van der Waals surface area contributed by atoms with Crippen LogP contribution in [-0.2, 0) is 0 Å². The standard InChI is InChI=1S/C12H17F2NO2/c1-7(4-5-15)8-6-9(16-2)11(14)12(17-3)10(8)13/h6-7H,4-5,15H2,1-3H3. The quantitative estimate of drug-likeness (QED) is 0.866. The summed E-state index contributed by atoms with van der Waals surface area (Å²) in [5.74, 6) is -2.07. The zero-order valence-electron chi connectivity index (χ0n) is 10.2. The Hall–Kier alpha value is -1.36. The second-order valence-electron chi connectivity index (χ2n) is 3.81. The third kappa shape index (κ3) is 2.66. The number of hydrogen-bond acceptors (Lipinski definition) is 3. The predicted octanol–water partition coefficient (Wildman–Crippen LogP) is 2.43. The molecule has 1 rings (SSSR count). The second-order valence-corrected chi connectivity index (χ2v) is 3.81.